The summed E-state index contributed by atoms with van der Waals surface area (Å²) in [6.45, 7) is 9.02. The van der Waals surface area contributed by atoms with Crippen LogP contribution in [0.15, 0.2) is 6.20 Å². The maximum atomic E-state index is 6.32. The summed E-state index contributed by atoms with van der Waals surface area (Å²) in [5, 5.41) is 8.29. The number of ether oxygens (including phenoxy) is 3. The highest BCUT2D eigenvalue weighted by molar-refractivity contribution is 6.31. The smallest absolute Gasteiger partial charge is 0.178 e. The zero-order valence-corrected chi connectivity index (χ0v) is 14.0. The van der Waals surface area contributed by atoms with E-state index in [0.717, 1.165) is 12.2 Å². The maximum absolute atomic E-state index is 6.32. The molecule has 1 aromatic rings. The zero-order chi connectivity index (χ0) is 15.7. The molecule has 0 fully saturated rings. The quantitative estimate of drug-likeness (QED) is 0.634. The minimum absolute atomic E-state index is 0.179. The van der Waals surface area contributed by atoms with Crippen LogP contribution in [0.1, 0.15) is 32.5 Å². The minimum atomic E-state index is -0.407. The van der Waals surface area contributed by atoms with Gasteiger partial charge in [-0.05, 0) is 20.4 Å². The molecule has 0 aromatic carbocycles. The SMILES string of the molecule is CCNC(c1c(Cl)cnn1CCOC)C(OCC)OCC. The zero-order valence-electron chi connectivity index (χ0n) is 13.3. The van der Waals surface area contributed by atoms with E-state index in [1.807, 2.05) is 25.5 Å². The van der Waals surface area contributed by atoms with E-state index < -0.39 is 6.29 Å². The number of methoxy groups -OCH3 is 1. The van der Waals surface area contributed by atoms with Crippen LogP contribution in [0.5, 0.6) is 0 Å². The van der Waals surface area contributed by atoms with Gasteiger partial charge in [0.2, 0.25) is 0 Å². The largest absolute Gasteiger partial charge is 0.383 e. The average Bonchev–Trinajstić information content (AvgIpc) is 2.83. The predicted octanol–water partition coefficient (Wildman–Crippen LogP) is 2.23. The highest BCUT2D eigenvalue weighted by atomic mass is 35.5. The van der Waals surface area contributed by atoms with Crippen molar-refractivity contribution in [3.8, 4) is 0 Å². The first-order valence-electron chi connectivity index (χ1n) is 7.36. The molecule has 0 saturated heterocycles. The fourth-order valence-electron chi connectivity index (χ4n) is 2.15. The summed E-state index contributed by atoms with van der Waals surface area (Å²) >= 11 is 6.32. The van der Waals surface area contributed by atoms with Crippen LogP contribution in [-0.2, 0) is 20.8 Å². The van der Waals surface area contributed by atoms with Crippen molar-refractivity contribution in [3.05, 3.63) is 16.9 Å². The van der Waals surface area contributed by atoms with Gasteiger partial charge in [-0.25, -0.2) is 0 Å². The lowest BCUT2D eigenvalue weighted by atomic mass is 10.2. The van der Waals surface area contributed by atoms with Gasteiger partial charge >= 0.3 is 0 Å². The Kier molecular flexibility index (Phi) is 8.87. The summed E-state index contributed by atoms with van der Waals surface area (Å²) < 4.78 is 18.4. The van der Waals surface area contributed by atoms with E-state index in [2.05, 4.69) is 10.4 Å². The summed E-state index contributed by atoms with van der Waals surface area (Å²) in [6, 6.07) is -0.179. The fraction of sp³-hybridized carbons (Fsp3) is 0.786. The molecule has 1 N–H and O–H groups in total. The molecule has 6 nitrogen and oxygen atoms in total. The highest BCUT2D eigenvalue weighted by Crippen LogP contribution is 2.27. The van der Waals surface area contributed by atoms with E-state index in [9.17, 15) is 0 Å². The topological polar surface area (TPSA) is 57.5 Å². The Hall–Kier alpha value is -0.660. The summed E-state index contributed by atoms with van der Waals surface area (Å²) in [7, 11) is 1.66. The summed E-state index contributed by atoms with van der Waals surface area (Å²) in [6.07, 6.45) is 1.24. The second-order valence-electron chi connectivity index (χ2n) is 4.41. The Bertz CT molecular complexity index is 395. The molecule has 0 saturated carbocycles. The number of nitrogens with one attached hydrogen (secondary N) is 1. The Morgan fingerprint density at radius 3 is 2.48 bits per heavy atom. The van der Waals surface area contributed by atoms with Crippen LogP contribution in [0.4, 0.5) is 0 Å². The second kappa shape index (κ2) is 10.1. The van der Waals surface area contributed by atoms with Gasteiger partial charge in [-0.1, -0.05) is 18.5 Å². The molecular formula is C14H26ClN3O3. The molecule has 0 aliphatic rings. The number of halogens is 1. The number of nitrogens with zero attached hydrogens (tertiary/aromatic N) is 2. The van der Waals surface area contributed by atoms with Crippen molar-refractivity contribution >= 4 is 11.6 Å². The third-order valence-corrected chi connectivity index (χ3v) is 3.28. The van der Waals surface area contributed by atoms with E-state index in [-0.39, 0.29) is 6.04 Å². The van der Waals surface area contributed by atoms with Crippen LogP contribution < -0.4 is 5.32 Å². The summed E-state index contributed by atoms with van der Waals surface area (Å²) in [5.74, 6) is 0. The van der Waals surface area contributed by atoms with E-state index in [1.54, 1.807) is 13.3 Å². The number of rotatable bonds is 11. The number of hydrogen-bond donors (Lipinski definition) is 1. The standard InChI is InChI=1S/C14H26ClN3O3/c1-5-16-12(14(20-6-2)21-7-3)13-11(15)10-17-18(13)8-9-19-4/h10,12,14,16H,5-9H2,1-4H3. The van der Waals surface area contributed by atoms with E-state index in [0.29, 0.717) is 31.4 Å². The molecule has 1 atom stereocenters. The number of likely N-dealkylation sites (N-methyl/N-ethyl adjacent to an activating group) is 1. The molecule has 1 heterocycles. The third kappa shape index (κ3) is 5.23. The van der Waals surface area contributed by atoms with Gasteiger partial charge in [0.25, 0.3) is 0 Å². The lowest BCUT2D eigenvalue weighted by molar-refractivity contribution is -0.156. The molecule has 7 heteroatoms. The number of hydrogen-bond acceptors (Lipinski definition) is 5. The van der Waals surface area contributed by atoms with Crippen molar-refractivity contribution in [1.29, 1.82) is 0 Å². The van der Waals surface area contributed by atoms with Gasteiger partial charge in [-0.2, -0.15) is 5.10 Å². The lowest BCUT2D eigenvalue weighted by Crippen LogP contribution is -2.37. The molecule has 1 rings (SSSR count). The molecule has 0 aliphatic carbocycles. The van der Waals surface area contributed by atoms with Crippen molar-refractivity contribution in [2.75, 3.05) is 33.5 Å². The Morgan fingerprint density at radius 1 is 1.29 bits per heavy atom. The highest BCUT2D eigenvalue weighted by Gasteiger charge is 2.29. The van der Waals surface area contributed by atoms with Gasteiger partial charge in [-0.15, -0.1) is 0 Å². The fourth-order valence-corrected chi connectivity index (χ4v) is 2.41. The van der Waals surface area contributed by atoms with Crippen molar-refractivity contribution in [2.45, 2.75) is 39.6 Å². The lowest BCUT2D eigenvalue weighted by Gasteiger charge is -2.28. The van der Waals surface area contributed by atoms with Gasteiger partial charge in [0.15, 0.2) is 6.29 Å². The van der Waals surface area contributed by atoms with E-state index in [4.69, 9.17) is 25.8 Å². The normalized spacial score (nSPS) is 13.0. The minimum Gasteiger partial charge on any atom is -0.383 e. The van der Waals surface area contributed by atoms with Crippen molar-refractivity contribution < 1.29 is 14.2 Å². The summed E-state index contributed by atoms with van der Waals surface area (Å²) in [5.41, 5.74) is 0.863. The van der Waals surface area contributed by atoms with Crippen molar-refractivity contribution in [3.63, 3.8) is 0 Å². The molecule has 0 spiro atoms. The summed E-state index contributed by atoms with van der Waals surface area (Å²) in [4.78, 5) is 0. The van der Waals surface area contributed by atoms with Crippen molar-refractivity contribution in [1.82, 2.24) is 15.1 Å². The molecular weight excluding hydrogens is 294 g/mol. The van der Waals surface area contributed by atoms with Crippen molar-refractivity contribution in [2.24, 2.45) is 0 Å². The molecule has 0 bridgehead atoms. The number of aromatic nitrogens is 2. The van der Waals surface area contributed by atoms with Gasteiger partial charge in [0.1, 0.15) is 6.04 Å². The first-order chi connectivity index (χ1) is 10.2. The van der Waals surface area contributed by atoms with Gasteiger partial charge in [0.05, 0.1) is 30.1 Å². The molecule has 0 radical (unpaired) electrons. The first-order valence-corrected chi connectivity index (χ1v) is 7.73. The molecule has 1 unspecified atom stereocenters. The monoisotopic (exact) mass is 319 g/mol. The molecule has 0 aliphatic heterocycles. The van der Waals surface area contributed by atoms with E-state index >= 15 is 0 Å². The van der Waals surface area contributed by atoms with Gasteiger partial charge in [-0.3, -0.25) is 4.68 Å². The van der Waals surface area contributed by atoms with Crippen LogP contribution >= 0.6 is 11.6 Å². The Morgan fingerprint density at radius 2 is 1.95 bits per heavy atom. The molecule has 1 aromatic heterocycles. The Balaban J connectivity index is 3.04. The Labute approximate surface area is 131 Å². The van der Waals surface area contributed by atoms with Gasteiger partial charge in [0, 0.05) is 20.3 Å². The van der Waals surface area contributed by atoms with Crippen LogP contribution in [0.2, 0.25) is 5.02 Å². The second-order valence-corrected chi connectivity index (χ2v) is 4.82. The average molecular weight is 320 g/mol. The third-order valence-electron chi connectivity index (χ3n) is 2.99. The molecule has 122 valence electrons. The molecule has 0 amide bonds. The van der Waals surface area contributed by atoms with Gasteiger partial charge < -0.3 is 19.5 Å². The first kappa shape index (κ1) is 18.4. The van der Waals surface area contributed by atoms with Crippen LogP contribution in [0, 0.1) is 0 Å². The maximum Gasteiger partial charge on any atom is 0.178 e. The molecule has 21 heavy (non-hydrogen) atoms. The van der Waals surface area contributed by atoms with E-state index in [1.165, 1.54) is 0 Å². The van der Waals surface area contributed by atoms with Crippen LogP contribution in [0.3, 0.4) is 0 Å². The predicted molar refractivity (Wildman–Crippen MR) is 82.6 cm³/mol. The van der Waals surface area contributed by atoms with Crippen LogP contribution in [0.25, 0.3) is 0 Å². The van der Waals surface area contributed by atoms with Crippen LogP contribution in [-0.4, -0.2) is 49.5 Å².